The fraction of sp³-hybridized carbons (Fsp3) is 0.154. The summed E-state index contributed by atoms with van der Waals surface area (Å²) in [7, 11) is 0. The average molecular weight is 347 g/mol. The molecule has 0 radical (unpaired) electrons. The molecule has 1 fully saturated rings. The van der Waals surface area contributed by atoms with Crippen molar-refractivity contribution in [3.8, 4) is 0 Å². The average Bonchev–Trinajstić information content (AvgIpc) is 2.65. The normalized spacial score (nSPS) is 17.4. The van der Waals surface area contributed by atoms with Crippen LogP contribution in [0.15, 0.2) is 29.2 Å². The van der Waals surface area contributed by atoms with Crippen LogP contribution in [0.2, 0.25) is 0 Å². The Balaban J connectivity index is 2.29. The van der Waals surface area contributed by atoms with Crippen LogP contribution in [-0.4, -0.2) is 32.7 Å². The predicted octanol–water partition coefficient (Wildman–Crippen LogP) is 2.99. The number of carboxylic acid groups (broad SMARTS) is 1. The van der Waals surface area contributed by atoms with Gasteiger partial charge < -0.3 is 5.11 Å². The van der Waals surface area contributed by atoms with Gasteiger partial charge in [0.25, 0.3) is 5.91 Å². The van der Waals surface area contributed by atoms with E-state index in [0.717, 1.165) is 28.8 Å². The molecule has 9 heteroatoms. The summed E-state index contributed by atoms with van der Waals surface area (Å²) in [4.78, 5) is 23.6. The second-order valence-electron chi connectivity index (χ2n) is 4.28. The van der Waals surface area contributed by atoms with Crippen molar-refractivity contribution in [1.82, 2.24) is 4.90 Å². The van der Waals surface area contributed by atoms with Crippen molar-refractivity contribution >= 4 is 46.3 Å². The lowest BCUT2D eigenvalue weighted by atomic mass is 10.1. The summed E-state index contributed by atoms with van der Waals surface area (Å²) in [5.41, 5.74) is -0.645. The molecule has 22 heavy (non-hydrogen) atoms. The number of benzene rings is 1. The Morgan fingerprint density at radius 2 is 2.09 bits per heavy atom. The van der Waals surface area contributed by atoms with E-state index in [-0.39, 0.29) is 14.8 Å². The zero-order chi connectivity index (χ0) is 16.5. The predicted molar refractivity (Wildman–Crippen MR) is 79.0 cm³/mol. The number of hydrogen-bond donors (Lipinski definition) is 1. The summed E-state index contributed by atoms with van der Waals surface area (Å²) in [5.74, 6) is -1.86. The summed E-state index contributed by atoms with van der Waals surface area (Å²) in [5, 5.41) is 8.70. The van der Waals surface area contributed by atoms with E-state index >= 15 is 0 Å². The first-order chi connectivity index (χ1) is 10.2. The topological polar surface area (TPSA) is 57.6 Å². The molecule has 0 unspecified atom stereocenters. The number of halogens is 3. The smallest absolute Gasteiger partial charge is 0.416 e. The zero-order valence-corrected chi connectivity index (χ0v) is 12.4. The highest BCUT2D eigenvalue weighted by atomic mass is 32.2. The van der Waals surface area contributed by atoms with Crippen LogP contribution in [0.1, 0.15) is 11.1 Å². The number of thioether (sulfide) groups is 1. The van der Waals surface area contributed by atoms with Crippen LogP contribution in [-0.2, 0) is 15.8 Å². The molecular formula is C13H8F3NO3S2. The van der Waals surface area contributed by atoms with E-state index in [9.17, 15) is 22.8 Å². The number of carbonyl (C=O) groups is 2. The van der Waals surface area contributed by atoms with Gasteiger partial charge in [0.2, 0.25) is 0 Å². The largest absolute Gasteiger partial charge is 0.480 e. The Hall–Kier alpha value is -1.87. The number of aliphatic carboxylic acids is 1. The number of carboxylic acids is 1. The maximum atomic E-state index is 12.6. The van der Waals surface area contributed by atoms with Crippen molar-refractivity contribution in [1.29, 1.82) is 0 Å². The van der Waals surface area contributed by atoms with E-state index in [2.05, 4.69) is 0 Å². The van der Waals surface area contributed by atoms with Gasteiger partial charge in [-0.3, -0.25) is 14.5 Å². The van der Waals surface area contributed by atoms with E-state index in [1.165, 1.54) is 18.2 Å². The monoisotopic (exact) mass is 347 g/mol. The first-order valence-electron chi connectivity index (χ1n) is 5.83. The number of amides is 1. The van der Waals surface area contributed by atoms with Crippen molar-refractivity contribution in [2.45, 2.75) is 6.18 Å². The lowest BCUT2D eigenvalue weighted by molar-refractivity contribution is -0.140. The van der Waals surface area contributed by atoms with Crippen molar-refractivity contribution in [2.75, 3.05) is 6.54 Å². The number of alkyl halides is 3. The lowest BCUT2D eigenvalue weighted by Crippen LogP contribution is -2.33. The highest BCUT2D eigenvalue weighted by Gasteiger charge is 2.34. The molecule has 1 aromatic rings. The number of rotatable bonds is 3. The van der Waals surface area contributed by atoms with Gasteiger partial charge in [-0.25, -0.2) is 0 Å². The maximum absolute atomic E-state index is 12.6. The SMILES string of the molecule is O=C(O)CN1C(=O)/C(=C/c2cccc(C(F)(F)F)c2)SC1=S. The molecule has 1 amide bonds. The Labute approximate surface area is 132 Å². The highest BCUT2D eigenvalue weighted by molar-refractivity contribution is 8.26. The molecule has 0 saturated carbocycles. The summed E-state index contributed by atoms with van der Waals surface area (Å²) < 4.78 is 38.0. The lowest BCUT2D eigenvalue weighted by Gasteiger charge is -2.10. The Kier molecular flexibility index (Phi) is 4.57. The third kappa shape index (κ3) is 3.66. The molecule has 1 saturated heterocycles. The van der Waals surface area contributed by atoms with Crippen LogP contribution < -0.4 is 0 Å². The molecule has 0 atom stereocenters. The number of nitrogens with zero attached hydrogens (tertiary/aromatic N) is 1. The fourth-order valence-electron chi connectivity index (χ4n) is 1.73. The molecule has 0 aromatic heterocycles. The fourth-order valence-corrected chi connectivity index (χ4v) is 2.98. The van der Waals surface area contributed by atoms with Gasteiger partial charge in [-0.1, -0.05) is 36.1 Å². The van der Waals surface area contributed by atoms with Crippen molar-refractivity contribution in [3.63, 3.8) is 0 Å². The molecule has 1 aromatic carbocycles. The Morgan fingerprint density at radius 1 is 1.41 bits per heavy atom. The van der Waals surface area contributed by atoms with Gasteiger partial charge in [0, 0.05) is 0 Å². The van der Waals surface area contributed by atoms with Gasteiger partial charge in [0.1, 0.15) is 10.9 Å². The van der Waals surface area contributed by atoms with E-state index in [4.69, 9.17) is 17.3 Å². The number of thiocarbonyl (C=S) groups is 1. The van der Waals surface area contributed by atoms with Gasteiger partial charge >= 0.3 is 12.1 Å². The second kappa shape index (κ2) is 6.09. The second-order valence-corrected chi connectivity index (χ2v) is 5.96. The van der Waals surface area contributed by atoms with Gasteiger partial charge in [-0.05, 0) is 23.8 Å². The molecule has 1 aliphatic heterocycles. The minimum atomic E-state index is -4.48. The van der Waals surface area contributed by atoms with Gasteiger partial charge in [0.15, 0.2) is 0 Å². The molecule has 0 bridgehead atoms. The number of carbonyl (C=O) groups excluding carboxylic acids is 1. The van der Waals surface area contributed by atoms with Crippen molar-refractivity contribution < 1.29 is 27.9 Å². The van der Waals surface area contributed by atoms with Crippen molar-refractivity contribution in [3.05, 3.63) is 40.3 Å². The van der Waals surface area contributed by atoms with Crippen LogP contribution in [0.5, 0.6) is 0 Å². The number of hydrogen-bond acceptors (Lipinski definition) is 4. The van der Waals surface area contributed by atoms with Crippen LogP contribution >= 0.6 is 24.0 Å². The minimum Gasteiger partial charge on any atom is -0.480 e. The van der Waals surface area contributed by atoms with Gasteiger partial charge in [-0.15, -0.1) is 0 Å². The van der Waals surface area contributed by atoms with Gasteiger partial charge in [-0.2, -0.15) is 13.2 Å². The molecule has 0 aliphatic carbocycles. The standard InChI is InChI=1S/C13H8F3NO3S2/c14-13(15,16)8-3-1-2-7(4-8)5-9-11(20)17(6-10(18)19)12(21)22-9/h1-5H,6H2,(H,18,19)/b9-5-. The molecule has 1 heterocycles. The summed E-state index contributed by atoms with van der Waals surface area (Å²) in [6.45, 7) is -0.579. The van der Waals surface area contributed by atoms with Crippen LogP contribution in [0.3, 0.4) is 0 Å². The van der Waals surface area contributed by atoms with E-state index in [0.29, 0.717) is 0 Å². The highest BCUT2D eigenvalue weighted by Crippen LogP contribution is 2.34. The zero-order valence-electron chi connectivity index (χ0n) is 10.8. The van der Waals surface area contributed by atoms with E-state index in [1.807, 2.05) is 0 Å². The third-order valence-electron chi connectivity index (χ3n) is 2.68. The first kappa shape index (κ1) is 16.5. The molecule has 4 nitrogen and oxygen atoms in total. The summed E-state index contributed by atoms with van der Waals surface area (Å²) in [6.07, 6.45) is -3.22. The third-order valence-corrected chi connectivity index (χ3v) is 4.06. The molecule has 1 aliphatic rings. The summed E-state index contributed by atoms with van der Waals surface area (Å²) >= 11 is 5.75. The molecule has 2 rings (SSSR count). The molecule has 1 N–H and O–H groups in total. The Morgan fingerprint density at radius 3 is 2.68 bits per heavy atom. The first-order valence-corrected chi connectivity index (χ1v) is 7.05. The van der Waals surface area contributed by atoms with Crippen LogP contribution in [0, 0.1) is 0 Å². The van der Waals surface area contributed by atoms with Crippen LogP contribution in [0.4, 0.5) is 13.2 Å². The summed E-state index contributed by atoms with van der Waals surface area (Å²) in [6, 6.07) is 4.47. The van der Waals surface area contributed by atoms with Crippen LogP contribution in [0.25, 0.3) is 6.08 Å². The van der Waals surface area contributed by atoms with E-state index in [1.54, 1.807) is 0 Å². The molecule has 116 valence electrons. The minimum absolute atomic E-state index is 0.0608. The van der Waals surface area contributed by atoms with E-state index < -0.39 is 30.2 Å². The van der Waals surface area contributed by atoms with Crippen molar-refractivity contribution in [2.24, 2.45) is 0 Å². The maximum Gasteiger partial charge on any atom is 0.416 e. The molecule has 0 spiro atoms. The Bertz CT molecular complexity index is 685. The molecular weight excluding hydrogens is 339 g/mol. The van der Waals surface area contributed by atoms with Gasteiger partial charge in [0.05, 0.1) is 10.5 Å². The quantitative estimate of drug-likeness (QED) is 0.673.